The number of Topliss-reactive ketones (excluding diaryl/α,β-unsaturated/α-hetero) is 1. The summed E-state index contributed by atoms with van der Waals surface area (Å²) >= 11 is 0.960. The summed E-state index contributed by atoms with van der Waals surface area (Å²) in [5.74, 6) is -1.24. The molecule has 8 heteroatoms. The predicted molar refractivity (Wildman–Crippen MR) is 81.6 cm³/mol. The van der Waals surface area contributed by atoms with Crippen LogP contribution in [0.2, 0.25) is 0 Å². The van der Waals surface area contributed by atoms with E-state index in [9.17, 15) is 18.0 Å². The van der Waals surface area contributed by atoms with Gasteiger partial charge in [-0.05, 0) is 38.0 Å². The van der Waals surface area contributed by atoms with E-state index in [1.54, 1.807) is 19.1 Å². The molecule has 0 radical (unpaired) electrons. The van der Waals surface area contributed by atoms with Gasteiger partial charge in [-0.2, -0.15) is 13.2 Å². The van der Waals surface area contributed by atoms with Crippen LogP contribution >= 0.6 is 11.8 Å². The van der Waals surface area contributed by atoms with Gasteiger partial charge in [-0.25, -0.2) is 0 Å². The predicted octanol–water partition coefficient (Wildman–Crippen LogP) is 3.81. The van der Waals surface area contributed by atoms with Crippen LogP contribution in [0.15, 0.2) is 23.4 Å². The highest BCUT2D eigenvalue weighted by molar-refractivity contribution is 8.00. The second-order valence-corrected chi connectivity index (χ2v) is 6.59. The molecule has 0 aliphatic rings. The van der Waals surface area contributed by atoms with Crippen LogP contribution in [-0.2, 0) is 13.2 Å². The molecule has 1 aromatic carbocycles. The van der Waals surface area contributed by atoms with E-state index in [1.807, 2.05) is 19.9 Å². The lowest BCUT2D eigenvalue weighted by Gasteiger charge is -2.11. The van der Waals surface area contributed by atoms with Crippen molar-refractivity contribution in [1.82, 2.24) is 14.8 Å². The molecule has 1 heterocycles. The molecule has 0 aliphatic carbocycles. The zero-order chi connectivity index (χ0) is 17.4. The highest BCUT2D eigenvalue weighted by Gasteiger charge is 2.37. The largest absolute Gasteiger partial charge is 0.451 e. The molecule has 1 atom stereocenters. The van der Waals surface area contributed by atoms with Crippen molar-refractivity contribution in [2.45, 2.75) is 37.4 Å². The van der Waals surface area contributed by atoms with Gasteiger partial charge in [0.15, 0.2) is 10.9 Å². The molecule has 0 spiro atoms. The van der Waals surface area contributed by atoms with Gasteiger partial charge < -0.3 is 4.57 Å². The molecule has 0 saturated heterocycles. The summed E-state index contributed by atoms with van der Waals surface area (Å²) in [7, 11) is 1.23. The van der Waals surface area contributed by atoms with E-state index in [4.69, 9.17) is 0 Å². The fraction of sp³-hybridized carbons (Fsp3) is 0.400. The molecule has 0 N–H and O–H groups in total. The van der Waals surface area contributed by atoms with Crippen LogP contribution in [0.4, 0.5) is 13.2 Å². The van der Waals surface area contributed by atoms with Crippen molar-refractivity contribution in [3.8, 4) is 0 Å². The van der Waals surface area contributed by atoms with Gasteiger partial charge in [0.05, 0.1) is 5.25 Å². The lowest BCUT2D eigenvalue weighted by Crippen LogP contribution is -2.16. The van der Waals surface area contributed by atoms with Crippen molar-refractivity contribution >= 4 is 17.5 Å². The Morgan fingerprint density at radius 3 is 2.39 bits per heavy atom. The number of carbonyl (C=O) groups is 1. The maximum Gasteiger partial charge on any atom is 0.451 e. The molecule has 2 rings (SSSR count). The molecule has 1 aromatic heterocycles. The number of ketones is 1. The minimum atomic E-state index is -4.57. The van der Waals surface area contributed by atoms with Crippen LogP contribution in [0.5, 0.6) is 0 Å². The summed E-state index contributed by atoms with van der Waals surface area (Å²) < 4.78 is 39.0. The number of aromatic nitrogens is 3. The maximum absolute atomic E-state index is 12.7. The summed E-state index contributed by atoms with van der Waals surface area (Å²) in [6.07, 6.45) is -4.57. The molecule has 2 aromatic rings. The Morgan fingerprint density at radius 1 is 1.22 bits per heavy atom. The summed E-state index contributed by atoms with van der Waals surface area (Å²) in [6.45, 7) is 5.49. The highest BCUT2D eigenvalue weighted by Crippen LogP contribution is 2.31. The standard InChI is InChI=1S/C15H16F3N3OS/c1-8-5-6-11(7-9(8)2)12(22)10(3)23-14-20-19-13(21(14)4)15(16,17)18/h5-7,10H,1-4H3. The van der Waals surface area contributed by atoms with E-state index in [2.05, 4.69) is 10.2 Å². The number of hydrogen-bond acceptors (Lipinski definition) is 4. The van der Waals surface area contributed by atoms with Crippen LogP contribution in [0, 0.1) is 13.8 Å². The zero-order valence-corrected chi connectivity index (χ0v) is 13.9. The summed E-state index contributed by atoms with van der Waals surface area (Å²) in [5.41, 5.74) is 2.60. The second kappa shape index (κ2) is 6.35. The average Bonchev–Trinajstić information content (AvgIpc) is 2.82. The molecule has 0 aliphatic heterocycles. The number of halogens is 3. The van der Waals surface area contributed by atoms with Gasteiger partial charge in [-0.1, -0.05) is 23.9 Å². The molecule has 0 bridgehead atoms. The Hall–Kier alpha value is -1.83. The van der Waals surface area contributed by atoms with Crippen molar-refractivity contribution < 1.29 is 18.0 Å². The molecule has 124 valence electrons. The van der Waals surface area contributed by atoms with E-state index in [0.717, 1.165) is 27.5 Å². The van der Waals surface area contributed by atoms with E-state index >= 15 is 0 Å². The van der Waals surface area contributed by atoms with Crippen LogP contribution in [-0.4, -0.2) is 25.8 Å². The van der Waals surface area contributed by atoms with Crippen molar-refractivity contribution in [3.63, 3.8) is 0 Å². The SMILES string of the molecule is Cc1ccc(C(=O)C(C)Sc2nnc(C(F)(F)F)n2C)cc1C. The maximum atomic E-state index is 12.7. The minimum absolute atomic E-state index is 0.0574. The van der Waals surface area contributed by atoms with Crippen molar-refractivity contribution in [2.24, 2.45) is 7.05 Å². The summed E-state index contributed by atoms with van der Waals surface area (Å²) in [5, 5.41) is 6.18. The third kappa shape index (κ3) is 3.74. The van der Waals surface area contributed by atoms with Gasteiger partial charge in [-0.15, -0.1) is 10.2 Å². The fourth-order valence-corrected chi connectivity index (χ4v) is 2.90. The molecular formula is C15H16F3N3OS. The lowest BCUT2D eigenvalue weighted by atomic mass is 10.0. The Bertz CT molecular complexity index is 740. The van der Waals surface area contributed by atoms with E-state index in [-0.39, 0.29) is 10.9 Å². The van der Waals surface area contributed by atoms with Gasteiger partial charge in [0, 0.05) is 12.6 Å². The number of hydrogen-bond donors (Lipinski definition) is 0. The average molecular weight is 343 g/mol. The number of aryl methyl sites for hydroxylation is 2. The minimum Gasteiger partial charge on any atom is -0.302 e. The normalized spacial score (nSPS) is 13.2. The molecule has 23 heavy (non-hydrogen) atoms. The fourth-order valence-electron chi connectivity index (χ4n) is 2.01. The summed E-state index contributed by atoms with van der Waals surface area (Å²) in [6, 6.07) is 5.36. The monoisotopic (exact) mass is 343 g/mol. The van der Waals surface area contributed by atoms with E-state index in [1.165, 1.54) is 7.05 Å². The Labute approximate surface area is 136 Å². The molecule has 0 saturated carbocycles. The van der Waals surface area contributed by atoms with Gasteiger partial charge >= 0.3 is 6.18 Å². The highest BCUT2D eigenvalue weighted by atomic mass is 32.2. The lowest BCUT2D eigenvalue weighted by molar-refractivity contribution is -0.147. The smallest absolute Gasteiger partial charge is 0.302 e. The molecule has 1 unspecified atom stereocenters. The van der Waals surface area contributed by atoms with Crippen LogP contribution in [0.25, 0.3) is 0 Å². The van der Waals surface area contributed by atoms with Gasteiger partial charge in [0.25, 0.3) is 0 Å². The van der Waals surface area contributed by atoms with Crippen molar-refractivity contribution in [3.05, 3.63) is 40.7 Å². The van der Waals surface area contributed by atoms with E-state index < -0.39 is 17.3 Å². The van der Waals surface area contributed by atoms with Crippen molar-refractivity contribution in [1.29, 1.82) is 0 Å². The van der Waals surface area contributed by atoms with Crippen molar-refractivity contribution in [2.75, 3.05) is 0 Å². The second-order valence-electron chi connectivity index (χ2n) is 5.29. The first-order valence-corrected chi connectivity index (χ1v) is 7.74. The third-order valence-corrected chi connectivity index (χ3v) is 4.67. The quantitative estimate of drug-likeness (QED) is 0.626. The van der Waals surface area contributed by atoms with Crippen LogP contribution in [0.1, 0.15) is 34.2 Å². The van der Waals surface area contributed by atoms with E-state index in [0.29, 0.717) is 5.56 Å². The number of rotatable bonds is 4. The molecule has 0 amide bonds. The van der Waals surface area contributed by atoms with Gasteiger partial charge in [0.1, 0.15) is 0 Å². The van der Waals surface area contributed by atoms with Crippen LogP contribution < -0.4 is 0 Å². The number of thioether (sulfide) groups is 1. The zero-order valence-electron chi connectivity index (χ0n) is 13.1. The Balaban J connectivity index is 2.19. The topological polar surface area (TPSA) is 47.8 Å². The Kier molecular flexibility index (Phi) is 4.84. The first-order valence-electron chi connectivity index (χ1n) is 6.86. The number of alkyl halides is 3. The Morgan fingerprint density at radius 2 is 1.87 bits per heavy atom. The van der Waals surface area contributed by atoms with Crippen LogP contribution in [0.3, 0.4) is 0 Å². The molecule has 0 fully saturated rings. The number of carbonyl (C=O) groups excluding carboxylic acids is 1. The molecule has 4 nitrogen and oxygen atoms in total. The van der Waals surface area contributed by atoms with Gasteiger partial charge in [0.2, 0.25) is 5.82 Å². The summed E-state index contributed by atoms with van der Waals surface area (Å²) in [4.78, 5) is 12.4. The first-order chi connectivity index (χ1) is 10.6. The first kappa shape index (κ1) is 17.5. The molecular weight excluding hydrogens is 327 g/mol. The van der Waals surface area contributed by atoms with Gasteiger partial charge in [-0.3, -0.25) is 4.79 Å². The number of nitrogens with zero attached hydrogens (tertiary/aromatic N) is 3. The third-order valence-electron chi connectivity index (χ3n) is 3.53. The number of benzene rings is 1.